The van der Waals surface area contributed by atoms with E-state index in [1.165, 1.54) is 19.3 Å². The molecular formula is C13H23N3O. The maximum atomic E-state index is 11.8. The van der Waals surface area contributed by atoms with Crippen molar-refractivity contribution < 1.29 is 4.79 Å². The first kappa shape index (κ1) is 14.0. The molecule has 0 unspecified atom stereocenters. The lowest BCUT2D eigenvalue weighted by Crippen LogP contribution is -2.48. The van der Waals surface area contributed by atoms with Crippen molar-refractivity contribution in [3.63, 3.8) is 0 Å². The lowest BCUT2D eigenvalue weighted by molar-refractivity contribution is -0.122. The van der Waals surface area contributed by atoms with Crippen molar-refractivity contribution >= 4 is 5.91 Å². The van der Waals surface area contributed by atoms with E-state index >= 15 is 0 Å². The van der Waals surface area contributed by atoms with Crippen molar-refractivity contribution in [2.75, 3.05) is 13.6 Å². The monoisotopic (exact) mass is 237 g/mol. The minimum Gasteiger partial charge on any atom is -0.356 e. The summed E-state index contributed by atoms with van der Waals surface area (Å²) in [6.45, 7) is 0.617. The van der Waals surface area contributed by atoms with Crippen molar-refractivity contribution in [1.82, 2.24) is 10.6 Å². The van der Waals surface area contributed by atoms with Gasteiger partial charge in [0, 0.05) is 24.9 Å². The molecule has 0 aromatic heterocycles. The van der Waals surface area contributed by atoms with E-state index in [-0.39, 0.29) is 11.4 Å². The molecule has 17 heavy (non-hydrogen) atoms. The fraction of sp³-hybridized carbons (Fsp3) is 0.846. The molecule has 0 saturated heterocycles. The average Bonchev–Trinajstić information content (AvgIpc) is 2.36. The van der Waals surface area contributed by atoms with Crippen LogP contribution in [0.15, 0.2) is 0 Å². The molecule has 0 aromatic carbocycles. The van der Waals surface area contributed by atoms with Gasteiger partial charge in [-0.3, -0.25) is 4.79 Å². The van der Waals surface area contributed by atoms with E-state index in [0.29, 0.717) is 19.4 Å². The van der Waals surface area contributed by atoms with Crippen LogP contribution in [0.5, 0.6) is 0 Å². The van der Waals surface area contributed by atoms with Gasteiger partial charge in [-0.1, -0.05) is 19.3 Å². The summed E-state index contributed by atoms with van der Waals surface area (Å²) in [5.74, 6) is 0.110. The second-order valence-corrected chi connectivity index (χ2v) is 4.88. The summed E-state index contributed by atoms with van der Waals surface area (Å²) in [6, 6.07) is 2.08. The highest BCUT2D eigenvalue weighted by molar-refractivity contribution is 5.77. The first-order chi connectivity index (χ1) is 8.22. The highest BCUT2D eigenvalue weighted by Crippen LogP contribution is 2.30. The van der Waals surface area contributed by atoms with Gasteiger partial charge >= 0.3 is 0 Å². The first-order valence-electron chi connectivity index (χ1n) is 6.55. The minimum atomic E-state index is 0.0115. The Balaban J connectivity index is 2.30. The molecular weight excluding hydrogens is 214 g/mol. The number of hydrogen-bond donors (Lipinski definition) is 2. The SMILES string of the molecule is CNC1(CC(=O)NCCCC#N)CCCCC1. The fourth-order valence-corrected chi connectivity index (χ4v) is 2.51. The zero-order valence-corrected chi connectivity index (χ0v) is 10.7. The van der Waals surface area contributed by atoms with Gasteiger partial charge in [0.1, 0.15) is 0 Å². The Morgan fingerprint density at radius 1 is 1.35 bits per heavy atom. The quantitative estimate of drug-likeness (QED) is 0.691. The molecule has 0 radical (unpaired) electrons. The zero-order chi connectivity index (χ0) is 12.6. The molecule has 0 aromatic rings. The predicted octanol–water partition coefficient (Wildman–Crippen LogP) is 1.72. The van der Waals surface area contributed by atoms with Gasteiger partial charge in [-0.2, -0.15) is 5.26 Å². The molecule has 0 spiro atoms. The Bertz CT molecular complexity index is 277. The molecule has 4 nitrogen and oxygen atoms in total. The largest absolute Gasteiger partial charge is 0.356 e. The summed E-state index contributed by atoms with van der Waals surface area (Å²) in [5, 5.41) is 14.6. The van der Waals surface area contributed by atoms with Crippen LogP contribution in [0.3, 0.4) is 0 Å². The number of unbranched alkanes of at least 4 members (excludes halogenated alkanes) is 1. The molecule has 1 rings (SSSR count). The second-order valence-electron chi connectivity index (χ2n) is 4.88. The van der Waals surface area contributed by atoms with E-state index in [1.54, 1.807) is 0 Å². The number of carbonyl (C=O) groups is 1. The van der Waals surface area contributed by atoms with Crippen LogP contribution in [-0.4, -0.2) is 25.0 Å². The maximum Gasteiger partial charge on any atom is 0.221 e. The van der Waals surface area contributed by atoms with Crippen molar-refractivity contribution in [3.8, 4) is 6.07 Å². The highest BCUT2D eigenvalue weighted by atomic mass is 16.1. The molecule has 1 fully saturated rings. The summed E-state index contributed by atoms with van der Waals surface area (Å²) < 4.78 is 0. The van der Waals surface area contributed by atoms with Gasteiger partial charge in [-0.25, -0.2) is 0 Å². The van der Waals surface area contributed by atoms with Gasteiger partial charge in [-0.15, -0.1) is 0 Å². The minimum absolute atomic E-state index is 0.0115. The van der Waals surface area contributed by atoms with Crippen LogP contribution in [0.1, 0.15) is 51.4 Å². The Morgan fingerprint density at radius 3 is 2.65 bits per heavy atom. The maximum absolute atomic E-state index is 11.8. The Kier molecular flexibility index (Phi) is 5.99. The van der Waals surface area contributed by atoms with E-state index in [0.717, 1.165) is 19.3 Å². The molecule has 0 bridgehead atoms. The van der Waals surface area contributed by atoms with Crippen molar-refractivity contribution in [2.45, 2.75) is 56.9 Å². The van der Waals surface area contributed by atoms with E-state index in [9.17, 15) is 4.79 Å². The lowest BCUT2D eigenvalue weighted by atomic mass is 9.79. The van der Waals surface area contributed by atoms with Gasteiger partial charge in [0.2, 0.25) is 5.91 Å². The average molecular weight is 237 g/mol. The molecule has 4 heteroatoms. The molecule has 1 amide bonds. The number of nitrogens with one attached hydrogen (secondary N) is 2. The van der Waals surface area contributed by atoms with Crippen molar-refractivity contribution in [1.29, 1.82) is 5.26 Å². The van der Waals surface area contributed by atoms with Gasteiger partial charge in [0.25, 0.3) is 0 Å². The lowest BCUT2D eigenvalue weighted by Gasteiger charge is -2.36. The van der Waals surface area contributed by atoms with Crippen molar-refractivity contribution in [3.05, 3.63) is 0 Å². The number of nitrogens with zero attached hydrogens (tertiary/aromatic N) is 1. The van der Waals surface area contributed by atoms with Crippen LogP contribution in [0.25, 0.3) is 0 Å². The van der Waals surface area contributed by atoms with Gasteiger partial charge < -0.3 is 10.6 Å². The van der Waals surface area contributed by atoms with Crippen LogP contribution in [-0.2, 0) is 4.79 Å². The highest BCUT2D eigenvalue weighted by Gasteiger charge is 2.32. The van der Waals surface area contributed by atoms with E-state index in [1.807, 2.05) is 7.05 Å². The normalized spacial score (nSPS) is 18.4. The van der Waals surface area contributed by atoms with Crippen molar-refractivity contribution in [2.24, 2.45) is 0 Å². The summed E-state index contributed by atoms with van der Waals surface area (Å²) in [4.78, 5) is 11.8. The molecule has 0 aliphatic heterocycles. The Morgan fingerprint density at radius 2 is 2.06 bits per heavy atom. The number of carbonyl (C=O) groups excluding carboxylic acids is 1. The van der Waals surface area contributed by atoms with Gasteiger partial charge in [-0.05, 0) is 26.3 Å². The number of amides is 1. The molecule has 2 N–H and O–H groups in total. The third kappa shape index (κ3) is 4.74. The smallest absolute Gasteiger partial charge is 0.221 e. The topological polar surface area (TPSA) is 64.9 Å². The zero-order valence-electron chi connectivity index (χ0n) is 10.7. The second kappa shape index (κ2) is 7.29. The molecule has 1 aliphatic rings. The van der Waals surface area contributed by atoms with Crippen LogP contribution in [0.4, 0.5) is 0 Å². The molecule has 1 aliphatic carbocycles. The Labute approximate surface area is 104 Å². The molecule has 96 valence electrons. The summed E-state index contributed by atoms with van der Waals surface area (Å²) in [6.07, 6.45) is 7.71. The van der Waals surface area contributed by atoms with E-state index < -0.39 is 0 Å². The van der Waals surface area contributed by atoms with Crippen LogP contribution in [0, 0.1) is 11.3 Å². The molecule has 1 saturated carbocycles. The Hall–Kier alpha value is -1.08. The standard InChI is InChI=1S/C13H23N3O/c1-15-13(7-3-2-4-8-13)11-12(17)16-10-6-5-9-14/h15H,2-8,10-11H2,1H3,(H,16,17). The van der Waals surface area contributed by atoms with Gasteiger partial charge in [0.15, 0.2) is 0 Å². The third-order valence-corrected chi connectivity index (χ3v) is 3.63. The summed E-state index contributed by atoms with van der Waals surface area (Å²) >= 11 is 0. The molecule has 0 atom stereocenters. The van der Waals surface area contributed by atoms with Crippen LogP contribution >= 0.6 is 0 Å². The predicted molar refractivity (Wildman–Crippen MR) is 67.3 cm³/mol. The number of rotatable bonds is 6. The number of nitriles is 1. The van der Waals surface area contributed by atoms with Crippen LogP contribution < -0.4 is 10.6 Å². The number of hydrogen-bond acceptors (Lipinski definition) is 3. The van der Waals surface area contributed by atoms with Gasteiger partial charge in [0.05, 0.1) is 6.07 Å². The summed E-state index contributed by atoms with van der Waals surface area (Å²) in [7, 11) is 1.95. The fourth-order valence-electron chi connectivity index (χ4n) is 2.51. The first-order valence-corrected chi connectivity index (χ1v) is 6.55. The van der Waals surface area contributed by atoms with Crippen LogP contribution in [0.2, 0.25) is 0 Å². The summed E-state index contributed by atoms with van der Waals surface area (Å²) in [5.41, 5.74) is 0.0115. The molecule has 0 heterocycles. The van der Waals surface area contributed by atoms with E-state index in [2.05, 4.69) is 16.7 Å². The third-order valence-electron chi connectivity index (χ3n) is 3.63. The van der Waals surface area contributed by atoms with E-state index in [4.69, 9.17) is 5.26 Å².